The SMILES string of the molecule is CC(=O)N1CC2CCC(C1)N2CCc1ccc(Oc2nc3ncccc3s2)cc1. The van der Waals surface area contributed by atoms with Crippen LogP contribution in [0.25, 0.3) is 10.3 Å². The largest absolute Gasteiger partial charge is 0.431 e. The third-order valence-corrected chi connectivity index (χ3v) is 6.90. The molecule has 2 aliphatic rings. The molecule has 2 atom stereocenters. The van der Waals surface area contributed by atoms with E-state index in [2.05, 4.69) is 27.0 Å². The molecule has 150 valence electrons. The molecule has 7 heteroatoms. The van der Waals surface area contributed by atoms with Gasteiger partial charge in [0, 0.05) is 44.8 Å². The summed E-state index contributed by atoms with van der Waals surface area (Å²) in [4.78, 5) is 25.0. The molecule has 2 bridgehead atoms. The van der Waals surface area contributed by atoms with Gasteiger partial charge in [-0.25, -0.2) is 4.98 Å². The Morgan fingerprint density at radius 2 is 1.93 bits per heavy atom. The van der Waals surface area contributed by atoms with E-state index in [0.29, 0.717) is 17.3 Å². The fraction of sp³-hybridized carbons (Fsp3) is 0.409. The van der Waals surface area contributed by atoms with Crippen molar-refractivity contribution in [1.29, 1.82) is 0 Å². The molecular formula is C22H24N4O2S. The van der Waals surface area contributed by atoms with E-state index in [0.717, 1.165) is 42.2 Å². The lowest BCUT2D eigenvalue weighted by Gasteiger charge is -2.40. The summed E-state index contributed by atoms with van der Waals surface area (Å²) in [7, 11) is 0. The average Bonchev–Trinajstić information content (AvgIpc) is 3.23. The number of amides is 1. The van der Waals surface area contributed by atoms with E-state index in [9.17, 15) is 4.79 Å². The van der Waals surface area contributed by atoms with Crippen molar-refractivity contribution < 1.29 is 9.53 Å². The molecule has 0 spiro atoms. The zero-order valence-corrected chi connectivity index (χ0v) is 17.3. The van der Waals surface area contributed by atoms with E-state index in [1.165, 1.54) is 29.7 Å². The van der Waals surface area contributed by atoms with E-state index in [-0.39, 0.29) is 5.91 Å². The fourth-order valence-electron chi connectivity index (χ4n) is 4.49. The first-order valence-electron chi connectivity index (χ1n) is 10.2. The molecule has 2 aromatic heterocycles. The number of carbonyl (C=O) groups excluding carboxylic acids is 1. The standard InChI is InChI=1S/C22H24N4O2S/c1-15(27)25-13-17-6-7-18(14-25)26(17)12-10-16-4-8-19(9-5-16)28-22-24-21-20(29-22)3-2-11-23-21/h2-5,8-9,11,17-18H,6-7,10,12-14H2,1H3. The molecule has 2 aliphatic heterocycles. The predicted molar refractivity (Wildman–Crippen MR) is 113 cm³/mol. The average molecular weight is 409 g/mol. The highest BCUT2D eigenvalue weighted by Crippen LogP contribution is 2.32. The second kappa shape index (κ2) is 7.72. The first-order chi connectivity index (χ1) is 14.2. The van der Waals surface area contributed by atoms with Gasteiger partial charge in [0.05, 0.1) is 4.70 Å². The van der Waals surface area contributed by atoms with Crippen LogP contribution in [0.4, 0.5) is 0 Å². The molecule has 0 saturated carbocycles. The maximum absolute atomic E-state index is 11.7. The van der Waals surface area contributed by atoms with Gasteiger partial charge in [-0.15, -0.1) is 0 Å². The number of aromatic nitrogens is 2. The Morgan fingerprint density at radius 1 is 1.17 bits per heavy atom. The molecule has 1 aromatic carbocycles. The second-order valence-electron chi connectivity index (χ2n) is 7.85. The van der Waals surface area contributed by atoms with E-state index in [1.807, 2.05) is 29.2 Å². The Balaban J connectivity index is 1.19. The van der Waals surface area contributed by atoms with Crippen LogP contribution in [-0.2, 0) is 11.2 Å². The van der Waals surface area contributed by atoms with E-state index >= 15 is 0 Å². The van der Waals surface area contributed by atoms with Gasteiger partial charge in [-0.1, -0.05) is 23.5 Å². The van der Waals surface area contributed by atoms with E-state index < -0.39 is 0 Å². The van der Waals surface area contributed by atoms with Crippen LogP contribution < -0.4 is 4.74 Å². The molecule has 2 saturated heterocycles. The number of thiazole rings is 1. The van der Waals surface area contributed by atoms with Crippen LogP contribution in [0, 0.1) is 0 Å². The van der Waals surface area contributed by atoms with Gasteiger partial charge in [-0.2, -0.15) is 4.98 Å². The second-order valence-corrected chi connectivity index (χ2v) is 8.84. The molecule has 5 rings (SSSR count). The summed E-state index contributed by atoms with van der Waals surface area (Å²) in [5.41, 5.74) is 2.03. The van der Waals surface area contributed by atoms with Crippen LogP contribution >= 0.6 is 11.3 Å². The lowest BCUT2D eigenvalue weighted by molar-refractivity contribution is -0.132. The van der Waals surface area contributed by atoms with Gasteiger partial charge in [-0.05, 0) is 49.1 Å². The van der Waals surface area contributed by atoms with Gasteiger partial charge in [-0.3, -0.25) is 9.69 Å². The van der Waals surface area contributed by atoms with Crippen LogP contribution in [0.3, 0.4) is 0 Å². The molecule has 0 N–H and O–H groups in total. The molecule has 1 amide bonds. The summed E-state index contributed by atoms with van der Waals surface area (Å²) in [6.07, 6.45) is 5.17. The Kier molecular flexibility index (Phi) is 4.93. The molecule has 3 aromatic rings. The normalized spacial score (nSPS) is 21.6. The molecule has 2 fully saturated rings. The Morgan fingerprint density at radius 3 is 2.62 bits per heavy atom. The minimum Gasteiger partial charge on any atom is -0.431 e. The zero-order valence-electron chi connectivity index (χ0n) is 16.5. The third kappa shape index (κ3) is 3.84. The number of hydrogen-bond donors (Lipinski definition) is 0. The van der Waals surface area contributed by atoms with Crippen molar-refractivity contribution in [2.45, 2.75) is 38.3 Å². The summed E-state index contributed by atoms with van der Waals surface area (Å²) in [5.74, 6) is 1.00. The van der Waals surface area contributed by atoms with Crippen LogP contribution in [0.2, 0.25) is 0 Å². The zero-order chi connectivity index (χ0) is 19.8. The lowest BCUT2D eigenvalue weighted by Crippen LogP contribution is -2.55. The number of benzene rings is 1. The number of rotatable bonds is 5. The quantitative estimate of drug-likeness (QED) is 0.644. The summed E-state index contributed by atoms with van der Waals surface area (Å²) < 4.78 is 6.94. The van der Waals surface area contributed by atoms with Gasteiger partial charge in [0.2, 0.25) is 5.91 Å². The maximum atomic E-state index is 11.7. The predicted octanol–water partition coefficient (Wildman–Crippen LogP) is 3.72. The number of pyridine rings is 1. The topological polar surface area (TPSA) is 58.6 Å². The van der Waals surface area contributed by atoms with E-state index in [1.54, 1.807) is 13.1 Å². The number of nitrogens with zero attached hydrogens (tertiary/aromatic N) is 4. The van der Waals surface area contributed by atoms with Crippen molar-refractivity contribution >= 4 is 27.6 Å². The minimum absolute atomic E-state index is 0.209. The number of piperazine rings is 1. The van der Waals surface area contributed by atoms with Gasteiger partial charge in [0.1, 0.15) is 5.75 Å². The fourth-order valence-corrected chi connectivity index (χ4v) is 5.28. The van der Waals surface area contributed by atoms with Crippen LogP contribution in [0.1, 0.15) is 25.3 Å². The van der Waals surface area contributed by atoms with Gasteiger partial charge in [0.25, 0.3) is 5.19 Å². The first-order valence-corrected chi connectivity index (χ1v) is 11.0. The van der Waals surface area contributed by atoms with Crippen molar-refractivity contribution in [1.82, 2.24) is 19.8 Å². The first kappa shape index (κ1) is 18.5. The molecule has 0 aliphatic carbocycles. The smallest absolute Gasteiger partial charge is 0.281 e. The lowest BCUT2D eigenvalue weighted by atomic mass is 10.1. The van der Waals surface area contributed by atoms with Crippen molar-refractivity contribution in [3.05, 3.63) is 48.2 Å². The molecule has 2 unspecified atom stereocenters. The van der Waals surface area contributed by atoms with Crippen molar-refractivity contribution in [2.24, 2.45) is 0 Å². The van der Waals surface area contributed by atoms with Gasteiger partial charge < -0.3 is 9.64 Å². The van der Waals surface area contributed by atoms with Crippen molar-refractivity contribution in [2.75, 3.05) is 19.6 Å². The number of likely N-dealkylation sites (tertiary alicyclic amines) is 1. The number of fused-ring (bicyclic) bond motifs is 3. The van der Waals surface area contributed by atoms with Crippen molar-refractivity contribution in [3.63, 3.8) is 0 Å². The summed E-state index contributed by atoms with van der Waals surface area (Å²) in [5, 5.41) is 0.617. The highest BCUT2D eigenvalue weighted by Gasteiger charge is 2.40. The molecule has 4 heterocycles. The van der Waals surface area contributed by atoms with Crippen LogP contribution in [0.15, 0.2) is 42.6 Å². The highest BCUT2D eigenvalue weighted by atomic mass is 32.1. The highest BCUT2D eigenvalue weighted by molar-refractivity contribution is 7.20. The maximum Gasteiger partial charge on any atom is 0.281 e. The number of ether oxygens (including phenoxy) is 1. The molecule has 29 heavy (non-hydrogen) atoms. The minimum atomic E-state index is 0.209. The monoisotopic (exact) mass is 408 g/mol. The molecular weight excluding hydrogens is 384 g/mol. The summed E-state index contributed by atoms with van der Waals surface area (Å²) in [6.45, 7) is 4.50. The van der Waals surface area contributed by atoms with Crippen LogP contribution in [0.5, 0.6) is 10.9 Å². The summed E-state index contributed by atoms with van der Waals surface area (Å²) in [6, 6.07) is 13.2. The third-order valence-electron chi connectivity index (χ3n) is 6.01. The Bertz CT molecular complexity index is 972. The van der Waals surface area contributed by atoms with Gasteiger partial charge in [0.15, 0.2) is 5.65 Å². The van der Waals surface area contributed by atoms with Crippen LogP contribution in [-0.4, -0.2) is 57.4 Å². The Labute approximate surface area is 174 Å². The number of carbonyl (C=O) groups is 1. The van der Waals surface area contributed by atoms with Crippen molar-refractivity contribution in [3.8, 4) is 10.9 Å². The number of hydrogen-bond acceptors (Lipinski definition) is 6. The Hall–Kier alpha value is -2.51. The van der Waals surface area contributed by atoms with Gasteiger partial charge >= 0.3 is 0 Å². The molecule has 0 radical (unpaired) electrons. The molecule has 6 nitrogen and oxygen atoms in total. The summed E-state index contributed by atoms with van der Waals surface area (Å²) >= 11 is 1.50. The van der Waals surface area contributed by atoms with E-state index in [4.69, 9.17) is 4.74 Å².